The molecule has 10 heteroatoms. The van der Waals surface area contributed by atoms with Crippen LogP contribution in [0, 0.1) is 0 Å². The fraction of sp³-hybridized carbons (Fsp3) is 1.00. The van der Waals surface area contributed by atoms with Gasteiger partial charge in [0.1, 0.15) is 24.4 Å². The van der Waals surface area contributed by atoms with Crippen LogP contribution >= 0.6 is 0 Å². The minimum absolute atomic E-state index is 0.209. The monoisotopic (exact) mass is 327 g/mol. The second kappa shape index (κ2) is 9.03. The Morgan fingerprint density at radius 3 is 1.59 bits per heavy atom. The zero-order valence-corrected chi connectivity index (χ0v) is 12.0. The molecule has 1 saturated heterocycles. The molecule has 5 atom stereocenters. The van der Waals surface area contributed by atoms with Crippen molar-refractivity contribution < 1.29 is 45.6 Å². The van der Waals surface area contributed by atoms with Gasteiger partial charge in [-0.3, -0.25) is 4.90 Å². The SMILES string of the molecule is OCC(CO)N(C[C@H]1OC(O)[C@H](O)[C@@H](O)[C@@H]1O)C(CO)CO. The first kappa shape index (κ1) is 19.6. The Balaban J connectivity index is 2.88. The fourth-order valence-electron chi connectivity index (χ4n) is 2.42. The van der Waals surface area contributed by atoms with E-state index in [-0.39, 0.29) is 6.54 Å². The maximum absolute atomic E-state index is 9.91. The van der Waals surface area contributed by atoms with Crippen molar-refractivity contribution in [2.45, 2.75) is 42.8 Å². The standard InChI is InChI=1S/C12H25NO9/c14-2-6(3-15)13(7(4-16)5-17)1-8-9(18)10(19)11(20)12(21)22-8/h6-12,14-21H,1-5H2/t8-,9-,10+,11-,12?/m1/s1. The summed E-state index contributed by atoms with van der Waals surface area (Å²) < 4.78 is 5.02. The topological polar surface area (TPSA) is 174 Å². The lowest BCUT2D eigenvalue weighted by molar-refractivity contribution is -0.285. The highest BCUT2D eigenvalue weighted by molar-refractivity contribution is 4.92. The molecule has 0 amide bonds. The average molecular weight is 327 g/mol. The molecule has 10 nitrogen and oxygen atoms in total. The highest BCUT2D eigenvalue weighted by atomic mass is 16.6. The molecule has 1 fully saturated rings. The van der Waals surface area contributed by atoms with Crippen LogP contribution in [-0.4, -0.2) is 122 Å². The number of hydrogen-bond donors (Lipinski definition) is 8. The molecule has 0 aliphatic carbocycles. The van der Waals surface area contributed by atoms with Gasteiger partial charge >= 0.3 is 0 Å². The van der Waals surface area contributed by atoms with Crippen LogP contribution < -0.4 is 0 Å². The van der Waals surface area contributed by atoms with Gasteiger partial charge in [-0.15, -0.1) is 0 Å². The van der Waals surface area contributed by atoms with Gasteiger partial charge in [-0.1, -0.05) is 0 Å². The Morgan fingerprint density at radius 2 is 1.18 bits per heavy atom. The van der Waals surface area contributed by atoms with E-state index in [4.69, 9.17) is 4.74 Å². The number of aliphatic hydroxyl groups excluding tert-OH is 8. The van der Waals surface area contributed by atoms with Crippen LogP contribution in [0.5, 0.6) is 0 Å². The predicted octanol–water partition coefficient (Wildman–Crippen LogP) is -5.21. The average Bonchev–Trinajstić information content (AvgIpc) is 2.52. The molecular formula is C12H25NO9. The van der Waals surface area contributed by atoms with Crippen LogP contribution in [0.25, 0.3) is 0 Å². The molecule has 0 aromatic rings. The minimum Gasteiger partial charge on any atom is -0.395 e. The maximum atomic E-state index is 9.91. The van der Waals surface area contributed by atoms with Crippen molar-refractivity contribution in [3.05, 3.63) is 0 Å². The number of aliphatic hydroxyl groups is 8. The van der Waals surface area contributed by atoms with Crippen LogP contribution in [0.4, 0.5) is 0 Å². The van der Waals surface area contributed by atoms with E-state index in [0.717, 1.165) is 0 Å². The Hall–Kier alpha value is -0.400. The first-order valence-corrected chi connectivity index (χ1v) is 6.98. The van der Waals surface area contributed by atoms with Crippen molar-refractivity contribution in [2.75, 3.05) is 33.0 Å². The van der Waals surface area contributed by atoms with Crippen LogP contribution in [0.1, 0.15) is 0 Å². The first-order chi connectivity index (χ1) is 10.4. The van der Waals surface area contributed by atoms with Crippen molar-refractivity contribution in [1.29, 1.82) is 0 Å². The van der Waals surface area contributed by atoms with Gasteiger partial charge in [0.25, 0.3) is 0 Å². The number of hydrogen-bond acceptors (Lipinski definition) is 10. The lowest BCUT2D eigenvalue weighted by Gasteiger charge is -2.43. The zero-order valence-electron chi connectivity index (χ0n) is 12.0. The summed E-state index contributed by atoms with van der Waals surface area (Å²) in [6, 6.07) is -1.69. The molecule has 1 unspecified atom stereocenters. The first-order valence-electron chi connectivity index (χ1n) is 6.98. The predicted molar refractivity (Wildman–Crippen MR) is 71.5 cm³/mol. The molecule has 0 radical (unpaired) electrons. The molecule has 22 heavy (non-hydrogen) atoms. The van der Waals surface area contributed by atoms with Gasteiger partial charge < -0.3 is 45.6 Å². The highest BCUT2D eigenvalue weighted by Gasteiger charge is 2.44. The minimum atomic E-state index is -1.71. The molecule has 1 rings (SSSR count). The van der Waals surface area contributed by atoms with Crippen LogP contribution in [0.15, 0.2) is 0 Å². The lowest BCUT2D eigenvalue weighted by Crippen LogP contribution is -2.62. The van der Waals surface area contributed by atoms with E-state index in [1.165, 1.54) is 4.90 Å². The third-order valence-electron chi connectivity index (χ3n) is 3.86. The summed E-state index contributed by atoms with van der Waals surface area (Å²) in [4.78, 5) is 1.31. The Kier molecular flexibility index (Phi) is 8.07. The van der Waals surface area contributed by atoms with E-state index in [0.29, 0.717) is 0 Å². The molecule has 0 bridgehead atoms. The summed E-state index contributed by atoms with van der Waals surface area (Å²) in [5.74, 6) is 0. The molecular weight excluding hydrogens is 302 g/mol. The van der Waals surface area contributed by atoms with E-state index in [2.05, 4.69) is 0 Å². The summed E-state index contributed by atoms with van der Waals surface area (Å²) in [6.45, 7) is -2.14. The van der Waals surface area contributed by atoms with E-state index in [1.54, 1.807) is 0 Å². The molecule has 132 valence electrons. The fourth-order valence-corrected chi connectivity index (χ4v) is 2.42. The Bertz CT molecular complexity index is 301. The number of rotatable bonds is 8. The van der Waals surface area contributed by atoms with Gasteiger partial charge in [0.05, 0.1) is 38.5 Å². The van der Waals surface area contributed by atoms with E-state index in [1.807, 2.05) is 0 Å². The van der Waals surface area contributed by atoms with Gasteiger partial charge in [-0.05, 0) is 0 Å². The third kappa shape index (κ3) is 4.32. The summed E-state index contributed by atoms with van der Waals surface area (Å²) in [5, 5.41) is 75.5. The summed E-state index contributed by atoms with van der Waals surface area (Å²) in [5.41, 5.74) is 0. The van der Waals surface area contributed by atoms with Crippen LogP contribution in [-0.2, 0) is 4.74 Å². The zero-order chi connectivity index (χ0) is 16.9. The molecule has 0 saturated carbocycles. The van der Waals surface area contributed by atoms with E-state index in [9.17, 15) is 40.9 Å². The van der Waals surface area contributed by atoms with Crippen LogP contribution in [0.2, 0.25) is 0 Å². The van der Waals surface area contributed by atoms with E-state index >= 15 is 0 Å². The van der Waals surface area contributed by atoms with Gasteiger partial charge in [0.2, 0.25) is 0 Å². The van der Waals surface area contributed by atoms with Crippen molar-refractivity contribution in [1.82, 2.24) is 4.90 Å². The third-order valence-corrected chi connectivity index (χ3v) is 3.86. The van der Waals surface area contributed by atoms with Crippen LogP contribution in [0.3, 0.4) is 0 Å². The molecule has 1 heterocycles. The second-order valence-electron chi connectivity index (χ2n) is 5.27. The summed E-state index contributed by atoms with van der Waals surface area (Å²) in [6.07, 6.45) is -7.71. The van der Waals surface area contributed by atoms with Gasteiger partial charge in [0, 0.05) is 6.54 Å². The van der Waals surface area contributed by atoms with Crippen molar-refractivity contribution >= 4 is 0 Å². The highest BCUT2D eigenvalue weighted by Crippen LogP contribution is 2.22. The normalized spacial score (nSPS) is 33.1. The summed E-state index contributed by atoms with van der Waals surface area (Å²) in [7, 11) is 0. The number of nitrogens with zero attached hydrogens (tertiary/aromatic N) is 1. The molecule has 0 aromatic carbocycles. The van der Waals surface area contributed by atoms with Gasteiger partial charge in [-0.2, -0.15) is 0 Å². The largest absolute Gasteiger partial charge is 0.395 e. The lowest BCUT2D eigenvalue weighted by atomic mass is 9.97. The maximum Gasteiger partial charge on any atom is 0.184 e. The second-order valence-corrected chi connectivity index (χ2v) is 5.27. The molecule has 1 aliphatic rings. The molecule has 0 aromatic heterocycles. The van der Waals surface area contributed by atoms with Crippen molar-refractivity contribution in [2.24, 2.45) is 0 Å². The van der Waals surface area contributed by atoms with E-state index < -0.39 is 69.2 Å². The van der Waals surface area contributed by atoms with Gasteiger partial charge in [0.15, 0.2) is 6.29 Å². The molecule has 1 aliphatic heterocycles. The molecule has 8 N–H and O–H groups in total. The Morgan fingerprint density at radius 1 is 0.727 bits per heavy atom. The Labute approximate surface area is 127 Å². The van der Waals surface area contributed by atoms with Crippen molar-refractivity contribution in [3.63, 3.8) is 0 Å². The quantitative estimate of drug-likeness (QED) is 0.215. The van der Waals surface area contributed by atoms with Crippen molar-refractivity contribution in [3.8, 4) is 0 Å². The summed E-state index contributed by atoms with van der Waals surface area (Å²) >= 11 is 0. The van der Waals surface area contributed by atoms with Gasteiger partial charge in [-0.25, -0.2) is 0 Å². The smallest absolute Gasteiger partial charge is 0.184 e. The molecule has 0 spiro atoms. The number of ether oxygens (including phenoxy) is 1.